The number of nitrogens with one attached hydrogen (secondary N) is 1. The number of carbonyl (C=O) groups is 3. The normalized spacial score (nSPS) is 22.3. The van der Waals surface area contributed by atoms with E-state index in [1.165, 1.54) is 41.1 Å². The molecule has 9 nitrogen and oxygen atoms in total. The van der Waals surface area contributed by atoms with Crippen molar-refractivity contribution >= 4 is 40.2 Å². The Labute approximate surface area is 214 Å². The molecule has 2 bridgehead atoms. The maximum atomic E-state index is 13.6. The van der Waals surface area contributed by atoms with Gasteiger partial charge in [0.25, 0.3) is 5.91 Å². The lowest BCUT2D eigenvalue weighted by Crippen LogP contribution is -2.55. The molecule has 5 amide bonds. The molecule has 38 heavy (non-hydrogen) atoms. The van der Waals surface area contributed by atoms with E-state index in [0.29, 0.717) is 34.1 Å². The number of carbonyl (C=O) groups excluding carboxylic acids is 3. The number of alkyl halides is 3. The predicted molar refractivity (Wildman–Crippen MR) is 129 cm³/mol. The first-order valence-electron chi connectivity index (χ1n) is 11.8. The third-order valence-corrected chi connectivity index (χ3v) is 7.29. The lowest BCUT2D eigenvalue weighted by Gasteiger charge is -2.34. The van der Waals surface area contributed by atoms with Gasteiger partial charge in [0.2, 0.25) is 0 Å². The maximum Gasteiger partial charge on any atom is 0.416 e. The van der Waals surface area contributed by atoms with Crippen molar-refractivity contribution in [2.75, 3.05) is 16.8 Å². The van der Waals surface area contributed by atoms with E-state index in [4.69, 9.17) is 0 Å². The fourth-order valence-corrected chi connectivity index (χ4v) is 5.77. The van der Waals surface area contributed by atoms with Crippen molar-refractivity contribution in [2.24, 2.45) is 0 Å². The van der Waals surface area contributed by atoms with Gasteiger partial charge in [-0.05, 0) is 61.4 Å². The number of halogens is 3. The second kappa shape index (κ2) is 8.17. The van der Waals surface area contributed by atoms with E-state index in [1.807, 2.05) is 0 Å². The lowest BCUT2D eigenvalue weighted by atomic mass is 10.1. The van der Waals surface area contributed by atoms with E-state index in [9.17, 15) is 32.8 Å². The molecule has 4 heterocycles. The minimum absolute atomic E-state index is 0.00559. The minimum Gasteiger partial charge on any atom is -0.317 e. The van der Waals surface area contributed by atoms with Crippen LogP contribution in [0.4, 0.5) is 34.1 Å². The Bertz CT molecular complexity index is 1580. The van der Waals surface area contributed by atoms with Crippen LogP contribution in [0, 0.1) is 18.3 Å². The van der Waals surface area contributed by atoms with Crippen LogP contribution < -0.4 is 10.2 Å². The first-order chi connectivity index (χ1) is 18.1. The number of imide groups is 1. The largest absolute Gasteiger partial charge is 0.416 e. The number of aryl methyl sites for hydroxylation is 1. The van der Waals surface area contributed by atoms with Crippen LogP contribution in [0.25, 0.3) is 10.9 Å². The number of amides is 5. The summed E-state index contributed by atoms with van der Waals surface area (Å²) in [5.74, 6) is -0.509. The molecule has 3 aliphatic heterocycles. The van der Waals surface area contributed by atoms with E-state index in [0.717, 1.165) is 17.0 Å². The molecule has 3 aromatic rings. The number of hydrogen-bond donors (Lipinski definition) is 1. The highest BCUT2D eigenvalue weighted by atomic mass is 19.4. The van der Waals surface area contributed by atoms with Crippen molar-refractivity contribution in [1.82, 2.24) is 14.8 Å². The second-order valence-electron chi connectivity index (χ2n) is 9.58. The molecule has 12 heteroatoms. The number of rotatable bonds is 2. The molecule has 6 rings (SSSR count). The van der Waals surface area contributed by atoms with Gasteiger partial charge in [0.15, 0.2) is 0 Å². The zero-order valence-electron chi connectivity index (χ0n) is 19.9. The van der Waals surface area contributed by atoms with Gasteiger partial charge in [0, 0.05) is 23.8 Å². The number of fused-ring (bicyclic) bond motifs is 6. The molecule has 0 spiro atoms. The van der Waals surface area contributed by atoms with Crippen molar-refractivity contribution in [3.8, 4) is 6.07 Å². The monoisotopic (exact) mass is 520 g/mol. The number of anilines is 2. The van der Waals surface area contributed by atoms with Crippen LogP contribution in [-0.2, 0) is 11.0 Å². The van der Waals surface area contributed by atoms with Crippen LogP contribution in [0.2, 0.25) is 0 Å². The van der Waals surface area contributed by atoms with Crippen molar-refractivity contribution in [3.63, 3.8) is 0 Å². The molecule has 1 N–H and O–H groups in total. The van der Waals surface area contributed by atoms with Gasteiger partial charge in [-0.25, -0.2) is 14.5 Å². The Hall–Kier alpha value is -4.66. The minimum atomic E-state index is -4.57. The summed E-state index contributed by atoms with van der Waals surface area (Å²) < 4.78 is 39.7. The molecule has 3 atom stereocenters. The van der Waals surface area contributed by atoms with Crippen molar-refractivity contribution in [2.45, 2.75) is 37.6 Å². The summed E-state index contributed by atoms with van der Waals surface area (Å²) in [7, 11) is 0. The third-order valence-electron chi connectivity index (χ3n) is 7.29. The Balaban J connectivity index is 1.28. The molecule has 2 aromatic carbocycles. The Morgan fingerprint density at radius 1 is 1.18 bits per heavy atom. The molecule has 1 aromatic heterocycles. The SMILES string of the molecule is Cc1cc(NC(=O)N2CC3CC2[C@@H]2C(=O)N(c4ccc(C#N)c5ncccc45)C(=O)N32)cc(C(F)(F)F)c1. The molecule has 0 aliphatic carbocycles. The van der Waals surface area contributed by atoms with Gasteiger partial charge in [-0.1, -0.05) is 0 Å². The Morgan fingerprint density at radius 2 is 1.97 bits per heavy atom. The number of benzene rings is 2. The zero-order chi connectivity index (χ0) is 26.9. The summed E-state index contributed by atoms with van der Waals surface area (Å²) in [5, 5.41) is 12.4. The fourth-order valence-electron chi connectivity index (χ4n) is 5.77. The van der Waals surface area contributed by atoms with Crippen molar-refractivity contribution in [3.05, 3.63) is 65.4 Å². The summed E-state index contributed by atoms with van der Waals surface area (Å²) in [6, 6.07) is 8.57. The Kier molecular flexibility index (Phi) is 5.10. The second-order valence-corrected chi connectivity index (χ2v) is 9.58. The summed E-state index contributed by atoms with van der Waals surface area (Å²) in [4.78, 5) is 48.4. The Morgan fingerprint density at radius 3 is 2.71 bits per heavy atom. The lowest BCUT2D eigenvalue weighted by molar-refractivity contribution is -0.137. The first kappa shape index (κ1) is 23.7. The highest BCUT2D eigenvalue weighted by Crippen LogP contribution is 2.44. The summed E-state index contributed by atoms with van der Waals surface area (Å²) in [6.45, 7) is 1.65. The number of piperazine rings is 1. The first-order valence-corrected chi connectivity index (χ1v) is 11.8. The molecule has 192 valence electrons. The van der Waals surface area contributed by atoms with Crippen LogP contribution in [-0.4, -0.2) is 57.4 Å². The smallest absolute Gasteiger partial charge is 0.317 e. The third kappa shape index (κ3) is 3.46. The van der Waals surface area contributed by atoms with E-state index < -0.39 is 47.8 Å². The van der Waals surface area contributed by atoms with Gasteiger partial charge < -0.3 is 15.1 Å². The number of aromatic nitrogens is 1. The van der Waals surface area contributed by atoms with Gasteiger partial charge in [-0.3, -0.25) is 9.78 Å². The summed E-state index contributed by atoms with van der Waals surface area (Å²) in [5.41, 5.74) is 0.413. The predicted octanol–water partition coefficient (Wildman–Crippen LogP) is 4.26. The van der Waals surface area contributed by atoms with Crippen LogP contribution >= 0.6 is 0 Å². The fraction of sp³-hybridized carbons (Fsp3) is 0.269. The van der Waals surface area contributed by atoms with Crippen LogP contribution in [0.5, 0.6) is 0 Å². The van der Waals surface area contributed by atoms with Gasteiger partial charge in [-0.2, -0.15) is 18.4 Å². The summed E-state index contributed by atoms with van der Waals surface area (Å²) >= 11 is 0. The number of hydrogen-bond acceptors (Lipinski definition) is 5. The van der Waals surface area contributed by atoms with E-state index in [-0.39, 0.29) is 12.2 Å². The van der Waals surface area contributed by atoms with Crippen LogP contribution in [0.15, 0.2) is 48.7 Å². The maximum absolute atomic E-state index is 13.6. The number of nitriles is 1. The molecule has 3 saturated heterocycles. The van der Waals surface area contributed by atoms with E-state index in [2.05, 4.69) is 16.4 Å². The van der Waals surface area contributed by atoms with Crippen molar-refractivity contribution in [1.29, 1.82) is 5.26 Å². The average Bonchev–Trinajstić information content (AvgIpc) is 3.54. The van der Waals surface area contributed by atoms with E-state index in [1.54, 1.807) is 12.1 Å². The van der Waals surface area contributed by atoms with E-state index >= 15 is 0 Å². The van der Waals surface area contributed by atoms with Gasteiger partial charge >= 0.3 is 18.2 Å². The van der Waals surface area contributed by atoms with Gasteiger partial charge in [-0.15, -0.1) is 0 Å². The van der Waals surface area contributed by atoms with Crippen LogP contribution in [0.3, 0.4) is 0 Å². The van der Waals surface area contributed by atoms with Crippen LogP contribution in [0.1, 0.15) is 23.1 Å². The standard InChI is InChI=1S/C26H19F3N6O3/c1-13-7-15(26(27,28)29)9-16(8-13)32-24(37)33-12-17-10-20(33)22-23(36)35(25(38)34(17)22)19-5-4-14(11-30)21-18(19)3-2-6-31-21/h2-9,17,20,22H,10,12H2,1H3,(H,32,37)/t17?,20?,22-/m1/s1. The highest BCUT2D eigenvalue weighted by molar-refractivity contribution is 6.25. The topological polar surface area (TPSA) is 110 Å². The quantitative estimate of drug-likeness (QED) is 0.508. The molecular formula is C26H19F3N6O3. The van der Waals surface area contributed by atoms with Crippen molar-refractivity contribution < 1.29 is 27.6 Å². The number of pyridine rings is 1. The highest BCUT2D eigenvalue weighted by Gasteiger charge is 2.63. The molecule has 3 fully saturated rings. The molecule has 2 unspecified atom stereocenters. The average molecular weight is 520 g/mol. The molecule has 3 aliphatic rings. The molecule has 0 saturated carbocycles. The zero-order valence-corrected chi connectivity index (χ0v) is 19.9. The number of urea groups is 2. The summed E-state index contributed by atoms with van der Waals surface area (Å²) in [6.07, 6.45) is -2.66. The number of nitrogens with zero attached hydrogens (tertiary/aromatic N) is 5. The van der Waals surface area contributed by atoms with Gasteiger partial charge in [0.1, 0.15) is 12.1 Å². The van der Waals surface area contributed by atoms with Gasteiger partial charge in [0.05, 0.1) is 34.4 Å². The molecular weight excluding hydrogens is 501 g/mol. The molecule has 0 radical (unpaired) electrons. The number of likely N-dealkylation sites (tertiary alicyclic amines) is 1.